The summed E-state index contributed by atoms with van der Waals surface area (Å²) < 4.78 is 35.9. The summed E-state index contributed by atoms with van der Waals surface area (Å²) in [4.78, 5) is 10.7. The standard InChI is InChI=1S/C7H11F3N2O/c1-11-6(13)12-5-2-4(3-5)7(8,9)10/h4-5H,2-3H2,1H3,(H2,11,12,13). The van der Waals surface area contributed by atoms with E-state index in [0.29, 0.717) is 0 Å². The monoisotopic (exact) mass is 196 g/mol. The molecular weight excluding hydrogens is 185 g/mol. The smallest absolute Gasteiger partial charge is 0.341 e. The minimum Gasteiger partial charge on any atom is -0.341 e. The molecule has 2 amide bonds. The van der Waals surface area contributed by atoms with Gasteiger partial charge >= 0.3 is 12.2 Å². The molecule has 1 aliphatic carbocycles. The summed E-state index contributed by atoms with van der Waals surface area (Å²) in [5.41, 5.74) is 0. The Bertz CT molecular complexity index is 198. The number of alkyl halides is 3. The van der Waals surface area contributed by atoms with Crippen molar-refractivity contribution in [3.05, 3.63) is 0 Å². The van der Waals surface area contributed by atoms with Gasteiger partial charge in [0.25, 0.3) is 0 Å². The summed E-state index contributed by atoms with van der Waals surface area (Å²) in [6, 6.07) is -0.753. The molecule has 0 spiro atoms. The largest absolute Gasteiger partial charge is 0.391 e. The highest BCUT2D eigenvalue weighted by molar-refractivity contribution is 5.73. The average Bonchev–Trinajstić information content (AvgIpc) is 1.92. The molecule has 0 atom stereocenters. The quantitative estimate of drug-likeness (QED) is 0.651. The van der Waals surface area contributed by atoms with E-state index in [4.69, 9.17) is 0 Å². The molecule has 1 aliphatic rings. The van der Waals surface area contributed by atoms with Crippen LogP contribution in [0.25, 0.3) is 0 Å². The SMILES string of the molecule is CNC(=O)NC1CC(C(F)(F)F)C1. The summed E-state index contributed by atoms with van der Waals surface area (Å²) in [6.45, 7) is 0. The molecule has 1 saturated carbocycles. The van der Waals surface area contributed by atoms with Crippen LogP contribution in [0.15, 0.2) is 0 Å². The summed E-state index contributed by atoms with van der Waals surface area (Å²) in [6.07, 6.45) is -4.12. The number of amides is 2. The molecule has 0 saturated heterocycles. The lowest BCUT2D eigenvalue weighted by molar-refractivity contribution is -0.198. The molecule has 1 rings (SSSR count). The van der Waals surface area contributed by atoms with Crippen LogP contribution in [0.4, 0.5) is 18.0 Å². The number of halogens is 3. The first-order chi connectivity index (χ1) is 5.93. The molecule has 2 N–H and O–H groups in total. The van der Waals surface area contributed by atoms with E-state index in [9.17, 15) is 18.0 Å². The lowest BCUT2D eigenvalue weighted by atomic mass is 9.80. The van der Waals surface area contributed by atoms with E-state index in [1.165, 1.54) is 7.05 Å². The molecule has 0 heterocycles. The van der Waals surface area contributed by atoms with E-state index >= 15 is 0 Å². The van der Waals surface area contributed by atoms with Crippen LogP contribution in [-0.4, -0.2) is 25.3 Å². The molecule has 0 radical (unpaired) electrons. The molecule has 0 unspecified atom stereocenters. The molecule has 1 fully saturated rings. The van der Waals surface area contributed by atoms with E-state index in [2.05, 4.69) is 10.6 Å². The van der Waals surface area contributed by atoms with Crippen molar-refractivity contribution in [3.8, 4) is 0 Å². The predicted octanol–water partition coefficient (Wildman–Crippen LogP) is 1.26. The topological polar surface area (TPSA) is 41.1 Å². The van der Waals surface area contributed by atoms with Crippen LogP contribution in [0.5, 0.6) is 0 Å². The van der Waals surface area contributed by atoms with Crippen molar-refractivity contribution < 1.29 is 18.0 Å². The first-order valence-corrected chi connectivity index (χ1v) is 3.98. The van der Waals surface area contributed by atoms with Gasteiger partial charge in [0.05, 0.1) is 5.92 Å². The highest BCUT2D eigenvalue weighted by Gasteiger charge is 2.48. The van der Waals surface area contributed by atoms with Crippen molar-refractivity contribution in [2.75, 3.05) is 7.05 Å². The Labute approximate surface area is 73.7 Å². The Morgan fingerprint density at radius 2 is 1.92 bits per heavy atom. The molecule has 13 heavy (non-hydrogen) atoms. The summed E-state index contributed by atoms with van der Waals surface area (Å²) in [7, 11) is 1.43. The number of urea groups is 1. The zero-order valence-electron chi connectivity index (χ0n) is 7.11. The van der Waals surface area contributed by atoms with E-state index in [0.717, 1.165) is 0 Å². The maximum Gasteiger partial charge on any atom is 0.391 e. The van der Waals surface area contributed by atoms with Crippen molar-refractivity contribution in [2.45, 2.75) is 25.1 Å². The molecular formula is C7H11F3N2O. The van der Waals surface area contributed by atoms with Crippen LogP contribution in [0.2, 0.25) is 0 Å². The summed E-state index contributed by atoms with van der Waals surface area (Å²) in [5, 5.41) is 4.70. The number of rotatable bonds is 1. The Kier molecular flexibility index (Phi) is 2.68. The Morgan fingerprint density at radius 3 is 2.31 bits per heavy atom. The van der Waals surface area contributed by atoms with E-state index < -0.39 is 18.1 Å². The van der Waals surface area contributed by atoms with Gasteiger partial charge in [0.2, 0.25) is 0 Å². The normalized spacial score (nSPS) is 27.7. The highest BCUT2D eigenvalue weighted by atomic mass is 19.4. The second kappa shape index (κ2) is 3.43. The van der Waals surface area contributed by atoms with Gasteiger partial charge in [0.15, 0.2) is 0 Å². The Balaban J connectivity index is 2.22. The van der Waals surface area contributed by atoms with Gasteiger partial charge in [-0.15, -0.1) is 0 Å². The molecule has 3 nitrogen and oxygen atoms in total. The Morgan fingerprint density at radius 1 is 1.38 bits per heavy atom. The lowest BCUT2D eigenvalue weighted by Crippen LogP contribution is -2.51. The summed E-state index contributed by atoms with van der Waals surface area (Å²) in [5.74, 6) is -1.24. The molecule has 0 aromatic carbocycles. The first-order valence-electron chi connectivity index (χ1n) is 3.98. The zero-order chi connectivity index (χ0) is 10.1. The van der Waals surface area contributed by atoms with Crippen LogP contribution < -0.4 is 10.6 Å². The highest BCUT2D eigenvalue weighted by Crippen LogP contribution is 2.40. The fourth-order valence-corrected chi connectivity index (χ4v) is 1.26. The van der Waals surface area contributed by atoms with Gasteiger partial charge in [-0.25, -0.2) is 4.79 Å². The number of hydrogen-bond acceptors (Lipinski definition) is 1. The van der Waals surface area contributed by atoms with Gasteiger partial charge in [-0.2, -0.15) is 13.2 Å². The molecule has 76 valence electrons. The van der Waals surface area contributed by atoms with Crippen LogP contribution in [0.1, 0.15) is 12.8 Å². The van der Waals surface area contributed by atoms with Crippen molar-refractivity contribution >= 4 is 6.03 Å². The lowest BCUT2D eigenvalue weighted by Gasteiger charge is -2.36. The molecule has 0 aromatic rings. The second-order valence-electron chi connectivity index (χ2n) is 3.13. The average molecular weight is 196 g/mol. The number of hydrogen-bond donors (Lipinski definition) is 2. The molecule has 0 aliphatic heterocycles. The maximum absolute atomic E-state index is 12.0. The van der Waals surface area contributed by atoms with Crippen molar-refractivity contribution in [2.24, 2.45) is 5.92 Å². The van der Waals surface area contributed by atoms with Crippen molar-refractivity contribution in [3.63, 3.8) is 0 Å². The van der Waals surface area contributed by atoms with Crippen LogP contribution in [0, 0.1) is 5.92 Å². The third kappa shape index (κ3) is 2.50. The minimum absolute atomic E-state index is 0.00306. The molecule has 0 bridgehead atoms. The third-order valence-electron chi connectivity index (χ3n) is 2.16. The van der Waals surface area contributed by atoms with Crippen molar-refractivity contribution in [1.29, 1.82) is 0 Å². The summed E-state index contributed by atoms with van der Waals surface area (Å²) >= 11 is 0. The molecule has 0 aromatic heterocycles. The zero-order valence-corrected chi connectivity index (χ0v) is 7.11. The van der Waals surface area contributed by atoms with Crippen LogP contribution in [-0.2, 0) is 0 Å². The fraction of sp³-hybridized carbons (Fsp3) is 0.857. The van der Waals surface area contributed by atoms with Gasteiger partial charge in [0, 0.05) is 13.1 Å². The number of carbonyl (C=O) groups is 1. The van der Waals surface area contributed by atoms with Crippen LogP contribution in [0.3, 0.4) is 0 Å². The number of carbonyl (C=O) groups excluding carboxylic acids is 1. The van der Waals surface area contributed by atoms with Gasteiger partial charge in [-0.1, -0.05) is 0 Å². The maximum atomic E-state index is 12.0. The third-order valence-corrected chi connectivity index (χ3v) is 2.16. The molecule has 6 heteroatoms. The van der Waals surface area contributed by atoms with Crippen LogP contribution >= 0.6 is 0 Å². The first kappa shape index (κ1) is 10.1. The van der Waals surface area contributed by atoms with E-state index in [1.54, 1.807) is 0 Å². The predicted molar refractivity (Wildman–Crippen MR) is 40.2 cm³/mol. The minimum atomic E-state index is -4.11. The Hall–Kier alpha value is -0.940. The van der Waals surface area contributed by atoms with Gasteiger partial charge in [-0.3, -0.25) is 0 Å². The van der Waals surface area contributed by atoms with E-state index in [-0.39, 0.29) is 18.9 Å². The second-order valence-corrected chi connectivity index (χ2v) is 3.13. The number of nitrogens with one attached hydrogen (secondary N) is 2. The van der Waals surface area contributed by atoms with Gasteiger partial charge in [-0.05, 0) is 12.8 Å². The fourth-order valence-electron chi connectivity index (χ4n) is 1.26. The van der Waals surface area contributed by atoms with Gasteiger partial charge < -0.3 is 10.6 Å². The van der Waals surface area contributed by atoms with Crippen molar-refractivity contribution in [1.82, 2.24) is 10.6 Å². The van der Waals surface area contributed by atoms with E-state index in [1.807, 2.05) is 0 Å². The van der Waals surface area contributed by atoms with Gasteiger partial charge in [0.1, 0.15) is 0 Å².